The molecule has 1 aromatic rings. The van der Waals surface area contributed by atoms with Crippen LogP contribution in [0.25, 0.3) is 0 Å². The zero-order chi connectivity index (χ0) is 15.4. The summed E-state index contributed by atoms with van der Waals surface area (Å²) in [5.41, 5.74) is 1.45. The number of aromatic nitrogens is 2. The number of ether oxygens (including phenoxy) is 1. The van der Waals surface area contributed by atoms with Crippen molar-refractivity contribution in [2.75, 3.05) is 6.61 Å². The van der Waals surface area contributed by atoms with Gasteiger partial charge in [-0.25, -0.2) is 0 Å². The van der Waals surface area contributed by atoms with Crippen molar-refractivity contribution in [3.8, 4) is 0 Å². The summed E-state index contributed by atoms with van der Waals surface area (Å²) in [6.07, 6.45) is 3.07. The minimum atomic E-state index is -0.109. The number of carbonyl (C=O) groups is 1. The zero-order valence-corrected chi connectivity index (χ0v) is 13.5. The van der Waals surface area contributed by atoms with E-state index in [4.69, 9.17) is 4.74 Å². The van der Waals surface area contributed by atoms with Crippen molar-refractivity contribution in [1.29, 1.82) is 0 Å². The molecule has 2 rings (SSSR count). The summed E-state index contributed by atoms with van der Waals surface area (Å²) < 4.78 is 5.84. The molecular formula is C16H27N3O2. The Morgan fingerprint density at radius 1 is 1.48 bits per heavy atom. The molecule has 0 saturated carbocycles. The van der Waals surface area contributed by atoms with Gasteiger partial charge in [0.2, 0.25) is 0 Å². The standard InChI is InChI=1S/C16H27N3O2/c1-10(2)8-15-12(6-5-7-21-15)17-16(20)14-9-13(11(3)4)18-19-14/h9-12,15H,5-8H2,1-4H3,(H,17,20)(H,18,19)/t12-,15+/m1/s1. The molecule has 118 valence electrons. The molecule has 1 aliphatic heterocycles. The van der Waals surface area contributed by atoms with E-state index in [-0.39, 0.29) is 18.1 Å². The average molecular weight is 293 g/mol. The first-order chi connectivity index (χ1) is 9.97. The molecule has 2 N–H and O–H groups in total. The van der Waals surface area contributed by atoms with Crippen molar-refractivity contribution in [3.05, 3.63) is 17.5 Å². The van der Waals surface area contributed by atoms with Gasteiger partial charge in [0.25, 0.3) is 5.91 Å². The highest BCUT2D eigenvalue weighted by atomic mass is 16.5. The molecule has 1 saturated heterocycles. The van der Waals surface area contributed by atoms with E-state index in [0.717, 1.165) is 31.6 Å². The lowest BCUT2D eigenvalue weighted by atomic mass is 9.94. The number of carbonyl (C=O) groups excluding carboxylic acids is 1. The van der Waals surface area contributed by atoms with Crippen molar-refractivity contribution in [2.45, 2.75) is 65.0 Å². The Balaban J connectivity index is 1.98. The summed E-state index contributed by atoms with van der Waals surface area (Å²) in [5, 5.41) is 10.1. The highest BCUT2D eigenvalue weighted by Crippen LogP contribution is 2.21. The van der Waals surface area contributed by atoms with Gasteiger partial charge in [0, 0.05) is 12.3 Å². The van der Waals surface area contributed by atoms with Crippen LogP contribution in [0.1, 0.15) is 69.1 Å². The number of nitrogens with one attached hydrogen (secondary N) is 2. The van der Waals surface area contributed by atoms with Crippen LogP contribution in [0, 0.1) is 5.92 Å². The third kappa shape index (κ3) is 4.30. The second-order valence-electron chi connectivity index (χ2n) is 6.62. The minimum Gasteiger partial charge on any atom is -0.376 e. The Kier molecular flexibility index (Phi) is 5.39. The van der Waals surface area contributed by atoms with Crippen LogP contribution in [-0.2, 0) is 4.74 Å². The minimum absolute atomic E-state index is 0.0906. The molecule has 2 heterocycles. The summed E-state index contributed by atoms with van der Waals surface area (Å²) in [6.45, 7) is 9.30. The third-order valence-electron chi connectivity index (χ3n) is 3.91. The van der Waals surface area contributed by atoms with Crippen LogP contribution in [0.2, 0.25) is 0 Å². The average Bonchev–Trinajstić information content (AvgIpc) is 2.90. The van der Waals surface area contributed by atoms with Gasteiger partial charge in [-0.1, -0.05) is 27.7 Å². The first-order valence-electron chi connectivity index (χ1n) is 7.95. The molecule has 5 heteroatoms. The van der Waals surface area contributed by atoms with Crippen LogP contribution in [0.15, 0.2) is 6.07 Å². The molecule has 1 aromatic heterocycles. The van der Waals surface area contributed by atoms with Gasteiger partial charge in [-0.2, -0.15) is 5.10 Å². The maximum Gasteiger partial charge on any atom is 0.272 e. The number of hydrogen-bond acceptors (Lipinski definition) is 3. The Hall–Kier alpha value is -1.36. The Labute approximate surface area is 126 Å². The topological polar surface area (TPSA) is 67.0 Å². The van der Waals surface area contributed by atoms with Gasteiger partial charge in [-0.05, 0) is 37.2 Å². The Morgan fingerprint density at radius 2 is 2.24 bits per heavy atom. The van der Waals surface area contributed by atoms with E-state index in [0.29, 0.717) is 17.5 Å². The van der Waals surface area contributed by atoms with E-state index in [1.165, 1.54) is 0 Å². The van der Waals surface area contributed by atoms with Gasteiger partial charge in [0.15, 0.2) is 0 Å². The van der Waals surface area contributed by atoms with E-state index >= 15 is 0 Å². The molecule has 0 spiro atoms. The van der Waals surface area contributed by atoms with Crippen molar-refractivity contribution in [1.82, 2.24) is 15.5 Å². The van der Waals surface area contributed by atoms with Crippen molar-refractivity contribution < 1.29 is 9.53 Å². The number of H-pyrrole nitrogens is 1. The van der Waals surface area contributed by atoms with Crippen LogP contribution in [-0.4, -0.2) is 34.9 Å². The number of hydrogen-bond donors (Lipinski definition) is 2. The zero-order valence-electron chi connectivity index (χ0n) is 13.5. The third-order valence-corrected chi connectivity index (χ3v) is 3.91. The predicted octanol–water partition coefficient (Wildman–Crippen LogP) is 2.86. The fourth-order valence-corrected chi connectivity index (χ4v) is 2.69. The molecule has 5 nitrogen and oxygen atoms in total. The van der Waals surface area contributed by atoms with Gasteiger partial charge < -0.3 is 10.1 Å². The van der Waals surface area contributed by atoms with Crippen molar-refractivity contribution in [3.63, 3.8) is 0 Å². The first kappa shape index (κ1) is 16.0. The smallest absolute Gasteiger partial charge is 0.272 e. The van der Waals surface area contributed by atoms with Gasteiger partial charge in [-0.15, -0.1) is 0 Å². The highest BCUT2D eigenvalue weighted by molar-refractivity contribution is 5.92. The quantitative estimate of drug-likeness (QED) is 0.877. The molecular weight excluding hydrogens is 266 g/mol. The maximum atomic E-state index is 12.3. The van der Waals surface area contributed by atoms with E-state index in [1.807, 2.05) is 6.07 Å². The van der Waals surface area contributed by atoms with Crippen LogP contribution in [0.5, 0.6) is 0 Å². The molecule has 0 aliphatic carbocycles. The summed E-state index contributed by atoms with van der Waals surface area (Å²) in [7, 11) is 0. The fraction of sp³-hybridized carbons (Fsp3) is 0.750. The van der Waals surface area contributed by atoms with Crippen molar-refractivity contribution in [2.24, 2.45) is 5.92 Å². The van der Waals surface area contributed by atoms with E-state index in [2.05, 4.69) is 43.2 Å². The van der Waals surface area contributed by atoms with E-state index < -0.39 is 0 Å². The van der Waals surface area contributed by atoms with Gasteiger partial charge in [0.05, 0.1) is 12.1 Å². The molecule has 21 heavy (non-hydrogen) atoms. The summed E-state index contributed by atoms with van der Waals surface area (Å²) in [6, 6.07) is 1.93. The summed E-state index contributed by atoms with van der Waals surface area (Å²) in [5.74, 6) is 0.790. The van der Waals surface area contributed by atoms with Crippen LogP contribution < -0.4 is 5.32 Å². The lowest BCUT2D eigenvalue weighted by Crippen LogP contribution is -2.47. The SMILES string of the molecule is CC(C)C[C@@H]1OCCC[C@H]1NC(=O)c1cc(C(C)C)[nH]n1. The van der Waals surface area contributed by atoms with Crippen LogP contribution in [0.3, 0.4) is 0 Å². The molecule has 0 aromatic carbocycles. The molecule has 0 unspecified atom stereocenters. The largest absolute Gasteiger partial charge is 0.376 e. The number of aromatic amines is 1. The highest BCUT2D eigenvalue weighted by Gasteiger charge is 2.28. The Bertz CT molecular complexity index is 468. The molecule has 0 radical (unpaired) electrons. The summed E-state index contributed by atoms with van der Waals surface area (Å²) in [4.78, 5) is 12.3. The van der Waals surface area contributed by atoms with Gasteiger partial charge in [0.1, 0.15) is 5.69 Å². The molecule has 1 amide bonds. The second-order valence-corrected chi connectivity index (χ2v) is 6.62. The molecule has 0 bridgehead atoms. The monoisotopic (exact) mass is 293 g/mol. The van der Waals surface area contributed by atoms with Gasteiger partial charge in [-0.3, -0.25) is 9.89 Å². The first-order valence-corrected chi connectivity index (χ1v) is 7.95. The van der Waals surface area contributed by atoms with Gasteiger partial charge >= 0.3 is 0 Å². The van der Waals surface area contributed by atoms with E-state index in [9.17, 15) is 4.79 Å². The van der Waals surface area contributed by atoms with Crippen LogP contribution in [0.4, 0.5) is 0 Å². The lowest BCUT2D eigenvalue weighted by Gasteiger charge is -2.33. The maximum absolute atomic E-state index is 12.3. The normalized spacial score (nSPS) is 22.8. The van der Waals surface area contributed by atoms with E-state index in [1.54, 1.807) is 0 Å². The van der Waals surface area contributed by atoms with Crippen molar-refractivity contribution >= 4 is 5.91 Å². The molecule has 1 fully saturated rings. The lowest BCUT2D eigenvalue weighted by molar-refractivity contribution is -0.0186. The number of nitrogens with zero attached hydrogens (tertiary/aromatic N) is 1. The van der Waals surface area contributed by atoms with Crippen LogP contribution >= 0.6 is 0 Å². The molecule has 2 atom stereocenters. The number of rotatable bonds is 5. The Morgan fingerprint density at radius 3 is 2.86 bits per heavy atom. The predicted molar refractivity (Wildman–Crippen MR) is 82.4 cm³/mol. The number of amides is 1. The second kappa shape index (κ2) is 7.07. The molecule has 1 aliphatic rings. The fourth-order valence-electron chi connectivity index (χ4n) is 2.69. The summed E-state index contributed by atoms with van der Waals surface area (Å²) >= 11 is 0.